The predicted molar refractivity (Wildman–Crippen MR) is 95.2 cm³/mol. The van der Waals surface area contributed by atoms with Crippen LogP contribution in [0.25, 0.3) is 11.1 Å². The van der Waals surface area contributed by atoms with Crippen LogP contribution >= 0.6 is 0 Å². The highest BCUT2D eigenvalue weighted by molar-refractivity contribution is 5.72. The Bertz CT molecular complexity index is 776. The maximum atomic E-state index is 5.58. The maximum Gasteiger partial charge on any atom is 0.0670 e. The highest BCUT2D eigenvalue weighted by Gasteiger charge is 2.13. The van der Waals surface area contributed by atoms with Crippen LogP contribution in [0.3, 0.4) is 0 Å². The molecule has 23 heavy (non-hydrogen) atoms. The number of nitrogens with two attached hydrogens (primary N) is 1. The third-order valence-electron chi connectivity index (χ3n) is 3.96. The number of aromatic nitrogens is 2. The summed E-state index contributed by atoms with van der Waals surface area (Å²) in [6, 6.07) is 16.8. The summed E-state index contributed by atoms with van der Waals surface area (Å²) in [4.78, 5) is 4.56. The molecule has 4 nitrogen and oxygen atoms in total. The molecule has 3 rings (SSSR count). The Hall–Kier alpha value is -2.72. The summed E-state index contributed by atoms with van der Waals surface area (Å²) in [5, 5.41) is 6.86. The van der Waals surface area contributed by atoms with E-state index in [1.165, 1.54) is 11.1 Å². The summed E-state index contributed by atoms with van der Waals surface area (Å²) in [6.07, 6.45) is 5.44. The topological polar surface area (TPSA) is 67.1 Å². The van der Waals surface area contributed by atoms with Crippen molar-refractivity contribution in [1.29, 1.82) is 0 Å². The van der Waals surface area contributed by atoms with Crippen molar-refractivity contribution in [3.63, 3.8) is 0 Å². The number of nitrogens with zero attached hydrogens (tertiary/aromatic N) is 2. The average molecular weight is 304 g/mol. The number of nitrogens with one attached hydrogen (secondary N) is 1. The van der Waals surface area contributed by atoms with E-state index in [9.17, 15) is 0 Å². The van der Waals surface area contributed by atoms with Crippen LogP contribution in [0.1, 0.15) is 24.0 Å². The van der Waals surface area contributed by atoms with Gasteiger partial charge in [0, 0.05) is 30.4 Å². The molecule has 0 spiro atoms. The summed E-state index contributed by atoms with van der Waals surface area (Å²) in [7, 11) is 0. The van der Waals surface area contributed by atoms with E-state index >= 15 is 0 Å². The lowest BCUT2D eigenvalue weighted by atomic mass is 9.90. The van der Waals surface area contributed by atoms with Crippen LogP contribution in [0.5, 0.6) is 0 Å². The normalized spacial score (nSPS) is 12.6. The second-order valence-electron chi connectivity index (χ2n) is 5.44. The molecular formula is C19H20N4. The van der Waals surface area contributed by atoms with Gasteiger partial charge in [-0.1, -0.05) is 49.4 Å². The van der Waals surface area contributed by atoms with Gasteiger partial charge in [-0.3, -0.25) is 10.1 Å². The molecular weight excluding hydrogens is 284 g/mol. The van der Waals surface area contributed by atoms with E-state index in [2.05, 4.69) is 64.6 Å². The minimum absolute atomic E-state index is 0.263. The predicted octanol–water partition coefficient (Wildman–Crippen LogP) is 3.89. The van der Waals surface area contributed by atoms with Crippen LogP contribution in [-0.2, 0) is 0 Å². The molecule has 3 N–H and O–H groups in total. The zero-order chi connectivity index (χ0) is 16.1. The lowest BCUT2D eigenvalue weighted by molar-refractivity contribution is 0.922. The molecule has 0 saturated heterocycles. The molecule has 1 atom stereocenters. The maximum absolute atomic E-state index is 5.58. The van der Waals surface area contributed by atoms with Crippen LogP contribution in [0.4, 0.5) is 5.69 Å². The van der Waals surface area contributed by atoms with Crippen molar-refractivity contribution in [3.8, 4) is 11.1 Å². The fraction of sp³-hybridized carbons (Fsp3) is 0.158. The first kappa shape index (κ1) is 15.2. The van der Waals surface area contributed by atoms with Gasteiger partial charge < -0.3 is 5.73 Å². The largest absolute Gasteiger partial charge is 0.326 e. The molecule has 0 bridgehead atoms. The third kappa shape index (κ3) is 3.38. The number of rotatable bonds is 5. The number of hydrogen-bond acceptors (Lipinski definition) is 3. The van der Waals surface area contributed by atoms with E-state index in [-0.39, 0.29) is 5.92 Å². The van der Waals surface area contributed by atoms with Gasteiger partial charge in [-0.2, -0.15) is 5.10 Å². The zero-order valence-electron chi connectivity index (χ0n) is 13.1. The van der Waals surface area contributed by atoms with Gasteiger partial charge in [0.15, 0.2) is 0 Å². The summed E-state index contributed by atoms with van der Waals surface area (Å²) < 4.78 is 0. The van der Waals surface area contributed by atoms with Crippen LogP contribution in [-0.4, -0.2) is 23.0 Å². The highest BCUT2D eigenvalue weighted by Crippen LogP contribution is 2.34. The van der Waals surface area contributed by atoms with E-state index < -0.39 is 0 Å². The molecule has 4 heteroatoms. The fourth-order valence-corrected chi connectivity index (χ4v) is 2.68. The molecule has 0 fully saturated rings. The van der Waals surface area contributed by atoms with Crippen molar-refractivity contribution >= 4 is 11.9 Å². The Balaban J connectivity index is 2.03. The third-order valence-corrected chi connectivity index (χ3v) is 3.96. The van der Waals surface area contributed by atoms with E-state index in [1.54, 1.807) is 6.21 Å². The van der Waals surface area contributed by atoms with Crippen molar-refractivity contribution in [1.82, 2.24) is 10.2 Å². The second kappa shape index (κ2) is 7.03. The molecule has 0 saturated carbocycles. The molecule has 0 aliphatic carbocycles. The van der Waals surface area contributed by atoms with Gasteiger partial charge >= 0.3 is 0 Å². The summed E-state index contributed by atoms with van der Waals surface area (Å²) in [5.41, 5.74) is 11.1. The van der Waals surface area contributed by atoms with Crippen molar-refractivity contribution in [2.75, 3.05) is 6.54 Å². The SMILES string of the molecule is CC(c1ccccc1)c1ccc(-c2cn[nH]c2)cc1/N=C\CN. The van der Waals surface area contributed by atoms with E-state index in [4.69, 9.17) is 5.73 Å². The van der Waals surface area contributed by atoms with Gasteiger partial charge in [0.1, 0.15) is 0 Å². The van der Waals surface area contributed by atoms with Crippen molar-refractivity contribution in [2.45, 2.75) is 12.8 Å². The average Bonchev–Trinajstić information content (AvgIpc) is 3.14. The van der Waals surface area contributed by atoms with Gasteiger partial charge in [0.2, 0.25) is 0 Å². The number of hydrogen-bond donors (Lipinski definition) is 2. The second-order valence-corrected chi connectivity index (χ2v) is 5.44. The first-order valence-electron chi connectivity index (χ1n) is 7.70. The Kier molecular flexibility index (Phi) is 4.64. The molecule has 1 heterocycles. The Labute approximate surface area is 136 Å². The number of H-pyrrole nitrogens is 1. The van der Waals surface area contributed by atoms with E-state index in [1.807, 2.05) is 18.5 Å². The smallest absolute Gasteiger partial charge is 0.0670 e. The number of aliphatic imine (C=N–C) groups is 1. The first-order chi connectivity index (χ1) is 11.3. The fourth-order valence-electron chi connectivity index (χ4n) is 2.68. The van der Waals surface area contributed by atoms with Gasteiger partial charge in [-0.05, 0) is 22.8 Å². The lowest BCUT2D eigenvalue weighted by Crippen LogP contribution is -2.00. The molecule has 1 unspecified atom stereocenters. The molecule has 116 valence electrons. The summed E-state index contributed by atoms with van der Waals surface area (Å²) >= 11 is 0. The van der Waals surface area contributed by atoms with Gasteiger partial charge in [0.25, 0.3) is 0 Å². The molecule has 2 aromatic carbocycles. The van der Waals surface area contributed by atoms with Gasteiger partial charge in [0.05, 0.1) is 11.9 Å². The minimum atomic E-state index is 0.263. The monoisotopic (exact) mass is 304 g/mol. The van der Waals surface area contributed by atoms with Gasteiger partial charge in [-0.15, -0.1) is 0 Å². The van der Waals surface area contributed by atoms with Crippen LogP contribution < -0.4 is 5.73 Å². The minimum Gasteiger partial charge on any atom is -0.326 e. The lowest BCUT2D eigenvalue weighted by Gasteiger charge is -2.16. The van der Waals surface area contributed by atoms with Gasteiger partial charge in [-0.25, -0.2) is 0 Å². The molecule has 0 aliphatic rings. The quantitative estimate of drug-likeness (QED) is 0.702. The van der Waals surface area contributed by atoms with Crippen molar-refractivity contribution in [2.24, 2.45) is 10.7 Å². The Morgan fingerprint density at radius 1 is 1.17 bits per heavy atom. The van der Waals surface area contributed by atoms with Crippen molar-refractivity contribution in [3.05, 3.63) is 72.1 Å². The summed E-state index contributed by atoms with van der Waals surface area (Å²) in [6.45, 7) is 2.62. The van der Waals surface area contributed by atoms with Crippen LogP contribution in [0.2, 0.25) is 0 Å². The standard InChI is InChI=1S/C19H20N4/c1-14(15-5-3-2-4-6-15)18-8-7-16(17-12-22-23-13-17)11-19(18)21-10-9-20/h2-8,10-14H,9,20H2,1H3,(H,22,23)/b21-10-. The molecule has 3 aromatic rings. The highest BCUT2D eigenvalue weighted by atomic mass is 15.1. The number of benzene rings is 2. The van der Waals surface area contributed by atoms with Crippen LogP contribution in [0.15, 0.2) is 65.9 Å². The molecule has 0 radical (unpaired) electrons. The van der Waals surface area contributed by atoms with Crippen LogP contribution in [0, 0.1) is 0 Å². The molecule has 0 amide bonds. The van der Waals surface area contributed by atoms with E-state index in [0.29, 0.717) is 6.54 Å². The number of aromatic amines is 1. The van der Waals surface area contributed by atoms with Crippen molar-refractivity contribution < 1.29 is 0 Å². The summed E-state index contributed by atoms with van der Waals surface area (Å²) in [5.74, 6) is 0.263. The molecule has 0 aliphatic heterocycles. The molecule has 1 aromatic heterocycles. The first-order valence-corrected chi connectivity index (χ1v) is 7.70. The Morgan fingerprint density at radius 2 is 2.00 bits per heavy atom. The zero-order valence-corrected chi connectivity index (χ0v) is 13.1. The van der Waals surface area contributed by atoms with E-state index in [0.717, 1.165) is 16.8 Å². The Morgan fingerprint density at radius 3 is 2.70 bits per heavy atom.